The van der Waals surface area contributed by atoms with Gasteiger partial charge in [0.2, 0.25) is 0 Å². The topological polar surface area (TPSA) is 294 Å². The molecule has 0 fully saturated rings. The van der Waals surface area contributed by atoms with Crippen LogP contribution in [0.25, 0.3) is 0 Å². The fraction of sp³-hybridized carbons (Fsp3) is 0. The van der Waals surface area contributed by atoms with Crippen LogP contribution in [-0.4, -0.2) is 79.2 Å². The lowest BCUT2D eigenvalue weighted by atomic mass is 10.2. The van der Waals surface area contributed by atoms with Gasteiger partial charge in [-0.2, -0.15) is 0 Å². The Labute approximate surface area is 199 Å². The number of aromatic hydroxyl groups is 9. The summed E-state index contributed by atoms with van der Waals surface area (Å²) < 4.78 is 0. The molecular formula is C21H18O15. The minimum atomic E-state index is -1.29. The molecule has 0 aliphatic carbocycles. The Hall–Kier alpha value is -5.73. The maximum Gasteiger partial charge on any atom is 0.335 e. The van der Waals surface area contributed by atoms with Crippen LogP contribution in [0.4, 0.5) is 0 Å². The molecule has 0 bridgehead atoms. The Morgan fingerprint density at radius 1 is 0.361 bits per heavy atom. The molecule has 0 aromatic heterocycles. The van der Waals surface area contributed by atoms with Crippen molar-refractivity contribution in [2.75, 3.05) is 0 Å². The van der Waals surface area contributed by atoms with E-state index in [4.69, 9.17) is 61.3 Å². The van der Waals surface area contributed by atoms with E-state index < -0.39 is 69.7 Å². The van der Waals surface area contributed by atoms with Crippen molar-refractivity contribution in [1.82, 2.24) is 0 Å². The van der Waals surface area contributed by atoms with Gasteiger partial charge in [-0.1, -0.05) is 0 Å². The molecule has 12 N–H and O–H groups in total. The average Bonchev–Trinajstić information content (AvgIpc) is 2.79. The van der Waals surface area contributed by atoms with Crippen molar-refractivity contribution >= 4 is 17.9 Å². The molecule has 192 valence electrons. The van der Waals surface area contributed by atoms with Gasteiger partial charge >= 0.3 is 17.9 Å². The molecule has 3 aromatic carbocycles. The predicted octanol–water partition coefficient (Wildman–Crippen LogP) is 1.50. The van der Waals surface area contributed by atoms with Gasteiger partial charge in [0.25, 0.3) is 0 Å². The quantitative estimate of drug-likeness (QED) is 0.222. The number of carbonyl (C=O) groups is 3. The Balaban J connectivity index is 0.000000270. The molecule has 0 atom stereocenters. The lowest BCUT2D eigenvalue weighted by Crippen LogP contribution is -1.95. The van der Waals surface area contributed by atoms with E-state index in [0.29, 0.717) is 0 Å². The third-order valence-corrected chi connectivity index (χ3v) is 3.95. The largest absolute Gasteiger partial charge is 0.504 e. The lowest BCUT2D eigenvalue weighted by molar-refractivity contribution is 0.0685. The third kappa shape index (κ3) is 7.14. The van der Waals surface area contributed by atoms with Gasteiger partial charge in [0, 0.05) is 0 Å². The molecule has 3 aromatic rings. The molecule has 0 spiro atoms. The highest BCUT2D eigenvalue weighted by molar-refractivity contribution is 5.90. The van der Waals surface area contributed by atoms with E-state index in [-0.39, 0.29) is 16.7 Å². The van der Waals surface area contributed by atoms with Gasteiger partial charge < -0.3 is 61.3 Å². The minimum Gasteiger partial charge on any atom is -0.504 e. The molecule has 0 saturated heterocycles. The first-order valence-corrected chi connectivity index (χ1v) is 9.01. The van der Waals surface area contributed by atoms with Crippen LogP contribution in [0.1, 0.15) is 31.1 Å². The number of carboxylic acid groups (broad SMARTS) is 3. The highest BCUT2D eigenvalue weighted by atomic mass is 16.4. The van der Waals surface area contributed by atoms with Crippen molar-refractivity contribution in [3.63, 3.8) is 0 Å². The Bertz CT molecular complexity index is 1080. The molecule has 36 heavy (non-hydrogen) atoms. The van der Waals surface area contributed by atoms with Crippen LogP contribution >= 0.6 is 0 Å². The number of benzene rings is 3. The Morgan fingerprint density at radius 2 is 0.500 bits per heavy atom. The fourth-order valence-electron chi connectivity index (χ4n) is 2.18. The molecular weight excluding hydrogens is 492 g/mol. The van der Waals surface area contributed by atoms with Crippen LogP contribution in [0, 0.1) is 0 Å². The molecule has 0 amide bonds. The van der Waals surface area contributed by atoms with Crippen LogP contribution < -0.4 is 0 Å². The zero-order valence-corrected chi connectivity index (χ0v) is 17.6. The van der Waals surface area contributed by atoms with E-state index in [1.54, 1.807) is 0 Å². The van der Waals surface area contributed by atoms with Gasteiger partial charge in [0.1, 0.15) is 0 Å². The first-order valence-electron chi connectivity index (χ1n) is 9.01. The van der Waals surface area contributed by atoms with Crippen molar-refractivity contribution in [3.05, 3.63) is 53.1 Å². The van der Waals surface area contributed by atoms with Crippen LogP contribution in [0.5, 0.6) is 51.7 Å². The second-order valence-electron chi connectivity index (χ2n) is 6.50. The number of hydrogen-bond donors (Lipinski definition) is 12. The summed E-state index contributed by atoms with van der Waals surface area (Å²) in [6.07, 6.45) is 0. The molecule has 0 heterocycles. The SMILES string of the molecule is O=C(O)c1cc(O)c(O)c(O)c1.O=C(O)c1cc(O)c(O)c(O)c1.O=C(O)c1cc(O)c(O)c(O)c1. The minimum absolute atomic E-state index is 0.289. The van der Waals surface area contributed by atoms with Crippen LogP contribution in [0.15, 0.2) is 36.4 Å². The van der Waals surface area contributed by atoms with E-state index in [0.717, 1.165) is 36.4 Å². The molecule has 15 heteroatoms. The summed E-state index contributed by atoms with van der Waals surface area (Å²) in [6, 6.07) is 5.07. The van der Waals surface area contributed by atoms with Gasteiger partial charge in [0.15, 0.2) is 51.7 Å². The summed E-state index contributed by atoms with van der Waals surface area (Å²) in [5.74, 6) is -10.00. The maximum atomic E-state index is 10.3. The van der Waals surface area contributed by atoms with Crippen molar-refractivity contribution < 1.29 is 75.7 Å². The molecule has 0 aliphatic rings. The zero-order valence-electron chi connectivity index (χ0n) is 17.6. The van der Waals surface area contributed by atoms with E-state index in [1.165, 1.54) is 0 Å². The standard InChI is InChI=1S/3C7H6O5/c3*8-4-1-3(7(11)12)2-5(9)6(4)10/h3*1-2,8-10H,(H,11,12). The molecule has 0 unspecified atom stereocenters. The summed E-state index contributed by atoms with van der Waals surface area (Å²) in [6.45, 7) is 0. The summed E-state index contributed by atoms with van der Waals surface area (Å²) in [7, 11) is 0. The number of rotatable bonds is 3. The highest BCUT2D eigenvalue weighted by Gasteiger charge is 2.13. The molecule has 15 nitrogen and oxygen atoms in total. The third-order valence-electron chi connectivity index (χ3n) is 3.95. The van der Waals surface area contributed by atoms with Gasteiger partial charge in [0.05, 0.1) is 16.7 Å². The number of aromatic carboxylic acids is 3. The van der Waals surface area contributed by atoms with Gasteiger partial charge in [-0.15, -0.1) is 0 Å². The van der Waals surface area contributed by atoms with Gasteiger partial charge in [-0.25, -0.2) is 14.4 Å². The summed E-state index contributed by atoms with van der Waals surface area (Å²) in [4.78, 5) is 30.9. The predicted molar refractivity (Wildman–Crippen MR) is 115 cm³/mol. The number of phenolic OH excluding ortho intramolecular Hbond substituents is 9. The van der Waals surface area contributed by atoms with Crippen molar-refractivity contribution in [2.24, 2.45) is 0 Å². The fourth-order valence-corrected chi connectivity index (χ4v) is 2.18. The van der Waals surface area contributed by atoms with E-state index >= 15 is 0 Å². The zero-order chi connectivity index (χ0) is 27.9. The van der Waals surface area contributed by atoms with Crippen LogP contribution in [0.3, 0.4) is 0 Å². The number of carboxylic acids is 3. The van der Waals surface area contributed by atoms with Crippen molar-refractivity contribution in [2.45, 2.75) is 0 Å². The normalized spacial score (nSPS) is 9.67. The number of phenols is 9. The van der Waals surface area contributed by atoms with E-state index in [1.807, 2.05) is 0 Å². The Kier molecular flexibility index (Phi) is 8.97. The van der Waals surface area contributed by atoms with Crippen LogP contribution in [-0.2, 0) is 0 Å². The van der Waals surface area contributed by atoms with E-state index in [9.17, 15) is 14.4 Å². The monoisotopic (exact) mass is 510 g/mol. The average molecular weight is 510 g/mol. The van der Waals surface area contributed by atoms with Gasteiger partial charge in [-0.3, -0.25) is 0 Å². The molecule has 0 saturated carbocycles. The van der Waals surface area contributed by atoms with E-state index in [2.05, 4.69) is 0 Å². The second kappa shape index (κ2) is 11.4. The molecule has 0 aliphatic heterocycles. The first-order chi connectivity index (χ1) is 16.6. The lowest BCUT2D eigenvalue weighted by Gasteiger charge is -2.01. The number of hydrogen-bond acceptors (Lipinski definition) is 12. The highest BCUT2D eigenvalue weighted by Crippen LogP contribution is 2.36. The summed E-state index contributed by atoms with van der Waals surface area (Å²) in [5, 5.41) is 105. The Morgan fingerprint density at radius 3 is 0.611 bits per heavy atom. The first kappa shape index (κ1) is 28.3. The van der Waals surface area contributed by atoms with Crippen molar-refractivity contribution in [3.8, 4) is 51.7 Å². The summed E-state index contributed by atoms with van der Waals surface area (Å²) in [5.41, 5.74) is -0.867. The molecule has 0 radical (unpaired) electrons. The molecule has 3 rings (SSSR count). The van der Waals surface area contributed by atoms with Crippen molar-refractivity contribution in [1.29, 1.82) is 0 Å². The second-order valence-corrected chi connectivity index (χ2v) is 6.50. The maximum absolute atomic E-state index is 10.3. The van der Waals surface area contributed by atoms with Crippen LogP contribution in [0.2, 0.25) is 0 Å². The van der Waals surface area contributed by atoms with Gasteiger partial charge in [-0.05, 0) is 36.4 Å². The summed E-state index contributed by atoms with van der Waals surface area (Å²) >= 11 is 0. The smallest absolute Gasteiger partial charge is 0.335 e.